The number of hydrogen-bond donors (Lipinski definition) is 1. The van der Waals surface area contributed by atoms with Gasteiger partial charge in [0.2, 0.25) is 11.7 Å². The number of H-pyrrole nitrogens is 1. The molecule has 0 radical (unpaired) electrons. The van der Waals surface area contributed by atoms with Crippen LogP contribution in [0.5, 0.6) is 0 Å². The second-order valence-corrected chi connectivity index (χ2v) is 8.46. The SMILES string of the molecule is Cc1[nH]c2ccccc2c1C(=O)C(C)OC(=O)C1CCN(C(=O)/C=C/c2ccccc2)CC1. The van der Waals surface area contributed by atoms with Crippen LogP contribution in [0.25, 0.3) is 17.0 Å². The van der Waals surface area contributed by atoms with Crippen molar-refractivity contribution in [2.45, 2.75) is 32.8 Å². The maximum atomic E-state index is 13.0. The molecule has 1 atom stereocenters. The molecule has 4 rings (SSSR count). The quantitative estimate of drug-likeness (QED) is 0.344. The number of carbonyl (C=O) groups excluding carboxylic acids is 3. The van der Waals surface area contributed by atoms with Gasteiger partial charge in [0.1, 0.15) is 0 Å². The van der Waals surface area contributed by atoms with Crippen LogP contribution in [0.1, 0.15) is 41.4 Å². The molecule has 1 aliphatic rings. The molecule has 0 saturated carbocycles. The Bertz CT molecular complexity index is 1190. The molecular formula is C27H28N2O4. The van der Waals surface area contributed by atoms with Gasteiger partial charge in [-0.2, -0.15) is 0 Å². The summed E-state index contributed by atoms with van der Waals surface area (Å²) >= 11 is 0. The number of aromatic nitrogens is 1. The van der Waals surface area contributed by atoms with Crippen molar-refractivity contribution in [3.8, 4) is 0 Å². The van der Waals surface area contributed by atoms with E-state index >= 15 is 0 Å². The number of amides is 1. The second-order valence-electron chi connectivity index (χ2n) is 8.46. The third-order valence-corrected chi connectivity index (χ3v) is 6.16. The summed E-state index contributed by atoms with van der Waals surface area (Å²) < 4.78 is 5.56. The van der Waals surface area contributed by atoms with Gasteiger partial charge in [-0.05, 0) is 44.4 Å². The van der Waals surface area contributed by atoms with Crippen LogP contribution in [0.15, 0.2) is 60.7 Å². The predicted octanol–water partition coefficient (Wildman–Crippen LogP) is 4.54. The van der Waals surface area contributed by atoms with Gasteiger partial charge in [0, 0.05) is 41.3 Å². The number of aromatic amines is 1. The first-order chi connectivity index (χ1) is 15.9. The van der Waals surface area contributed by atoms with Crippen LogP contribution in [0, 0.1) is 12.8 Å². The average molecular weight is 445 g/mol. The molecule has 1 saturated heterocycles. The van der Waals surface area contributed by atoms with Crippen molar-refractivity contribution in [3.63, 3.8) is 0 Å². The van der Waals surface area contributed by atoms with Crippen LogP contribution in [0.4, 0.5) is 0 Å². The number of piperidine rings is 1. The third kappa shape index (κ3) is 5.06. The summed E-state index contributed by atoms with van der Waals surface area (Å²) in [4.78, 5) is 43.2. The fourth-order valence-corrected chi connectivity index (χ4v) is 4.29. The zero-order valence-electron chi connectivity index (χ0n) is 18.9. The van der Waals surface area contributed by atoms with Crippen molar-refractivity contribution >= 4 is 34.6 Å². The molecule has 3 aromatic rings. The minimum atomic E-state index is -0.871. The number of hydrogen-bond acceptors (Lipinski definition) is 4. The van der Waals surface area contributed by atoms with Crippen molar-refractivity contribution in [3.05, 3.63) is 77.5 Å². The zero-order chi connectivity index (χ0) is 23.4. The summed E-state index contributed by atoms with van der Waals surface area (Å²) in [6, 6.07) is 17.2. The molecule has 1 fully saturated rings. The van der Waals surface area contributed by atoms with Gasteiger partial charge < -0.3 is 14.6 Å². The van der Waals surface area contributed by atoms with Gasteiger partial charge in [0.15, 0.2) is 6.10 Å². The Morgan fingerprint density at radius 2 is 1.70 bits per heavy atom. The number of Topliss-reactive ketones (excluding diaryl/α,β-unsaturated/α-hetero) is 1. The maximum Gasteiger partial charge on any atom is 0.309 e. The van der Waals surface area contributed by atoms with Crippen LogP contribution in [-0.2, 0) is 14.3 Å². The molecule has 170 valence electrons. The zero-order valence-corrected chi connectivity index (χ0v) is 18.9. The van der Waals surface area contributed by atoms with Crippen LogP contribution in [0.3, 0.4) is 0 Å². The molecule has 1 aromatic heterocycles. The summed E-state index contributed by atoms with van der Waals surface area (Å²) in [5.74, 6) is -0.965. The number of ketones is 1. The highest BCUT2D eigenvalue weighted by molar-refractivity contribution is 6.11. The van der Waals surface area contributed by atoms with Crippen molar-refractivity contribution in [2.24, 2.45) is 5.92 Å². The Hall–Kier alpha value is -3.67. The smallest absolute Gasteiger partial charge is 0.309 e. The van der Waals surface area contributed by atoms with Gasteiger partial charge in [-0.3, -0.25) is 14.4 Å². The average Bonchev–Trinajstić information content (AvgIpc) is 3.18. The Morgan fingerprint density at radius 3 is 2.42 bits per heavy atom. The first-order valence-corrected chi connectivity index (χ1v) is 11.3. The summed E-state index contributed by atoms with van der Waals surface area (Å²) in [5, 5.41) is 0.832. The van der Waals surface area contributed by atoms with Crippen LogP contribution in [-0.4, -0.2) is 46.7 Å². The van der Waals surface area contributed by atoms with Gasteiger partial charge in [0.05, 0.1) is 5.92 Å². The monoisotopic (exact) mass is 444 g/mol. The number of fused-ring (bicyclic) bond motifs is 1. The van der Waals surface area contributed by atoms with Gasteiger partial charge in [0.25, 0.3) is 0 Å². The molecule has 6 nitrogen and oxygen atoms in total. The van der Waals surface area contributed by atoms with Crippen LogP contribution in [0.2, 0.25) is 0 Å². The van der Waals surface area contributed by atoms with E-state index in [1.165, 1.54) is 0 Å². The van der Waals surface area contributed by atoms with Crippen LogP contribution < -0.4 is 0 Å². The van der Waals surface area contributed by atoms with Gasteiger partial charge in [-0.25, -0.2) is 0 Å². The minimum absolute atomic E-state index is 0.0657. The van der Waals surface area contributed by atoms with Gasteiger partial charge in [-0.15, -0.1) is 0 Å². The van der Waals surface area contributed by atoms with Crippen molar-refractivity contribution in [2.75, 3.05) is 13.1 Å². The van der Waals surface area contributed by atoms with Crippen molar-refractivity contribution in [1.82, 2.24) is 9.88 Å². The Morgan fingerprint density at radius 1 is 1.03 bits per heavy atom. The number of aryl methyl sites for hydroxylation is 1. The molecule has 33 heavy (non-hydrogen) atoms. The summed E-state index contributed by atoms with van der Waals surface area (Å²) in [6.07, 6.45) is 3.54. The maximum absolute atomic E-state index is 13.0. The number of benzene rings is 2. The number of nitrogens with one attached hydrogen (secondary N) is 1. The van der Waals surface area contributed by atoms with Gasteiger partial charge >= 0.3 is 5.97 Å². The van der Waals surface area contributed by atoms with E-state index in [9.17, 15) is 14.4 Å². The van der Waals surface area contributed by atoms with E-state index in [1.807, 2.05) is 61.5 Å². The molecule has 0 aliphatic carbocycles. The Balaban J connectivity index is 1.31. The highest BCUT2D eigenvalue weighted by atomic mass is 16.5. The Kier molecular flexibility index (Phi) is 6.73. The van der Waals surface area contributed by atoms with Crippen LogP contribution >= 0.6 is 0 Å². The van der Waals surface area contributed by atoms with E-state index in [4.69, 9.17) is 4.74 Å². The number of ether oxygens (including phenoxy) is 1. The number of nitrogens with zero attached hydrogens (tertiary/aromatic N) is 1. The second kappa shape index (κ2) is 9.86. The van der Waals surface area contributed by atoms with Crippen molar-refractivity contribution < 1.29 is 19.1 Å². The predicted molar refractivity (Wildman–Crippen MR) is 128 cm³/mol. The Labute approximate surface area is 193 Å². The largest absolute Gasteiger partial charge is 0.454 e. The van der Waals surface area contributed by atoms with E-state index in [-0.39, 0.29) is 23.6 Å². The van der Waals surface area contributed by atoms with E-state index in [1.54, 1.807) is 24.0 Å². The molecule has 6 heteroatoms. The molecule has 1 unspecified atom stereocenters. The fourth-order valence-electron chi connectivity index (χ4n) is 4.29. The summed E-state index contributed by atoms with van der Waals surface area (Å²) in [6.45, 7) is 4.44. The topological polar surface area (TPSA) is 79.5 Å². The molecule has 1 N–H and O–H groups in total. The standard InChI is InChI=1S/C27H28N2O4/c1-18-25(22-10-6-7-11-23(22)28-18)26(31)19(2)33-27(32)21-14-16-29(17-15-21)24(30)13-12-20-8-4-3-5-9-20/h3-13,19,21,28H,14-17H2,1-2H3/b13-12+. The number of likely N-dealkylation sites (tertiary alicyclic amines) is 1. The number of esters is 1. The molecule has 0 bridgehead atoms. The van der Waals surface area contributed by atoms with Gasteiger partial charge in [-0.1, -0.05) is 48.5 Å². The lowest BCUT2D eigenvalue weighted by molar-refractivity contribution is -0.153. The summed E-state index contributed by atoms with van der Waals surface area (Å²) in [5.41, 5.74) is 3.18. The molecule has 1 aliphatic heterocycles. The van der Waals surface area contributed by atoms with E-state index in [2.05, 4.69) is 4.98 Å². The third-order valence-electron chi connectivity index (χ3n) is 6.16. The highest BCUT2D eigenvalue weighted by Crippen LogP contribution is 2.25. The van der Waals surface area contributed by atoms with E-state index in [0.717, 1.165) is 22.2 Å². The normalized spacial score (nSPS) is 15.6. The van der Waals surface area contributed by atoms with Crippen molar-refractivity contribution in [1.29, 1.82) is 0 Å². The number of rotatable bonds is 6. The minimum Gasteiger partial charge on any atom is -0.454 e. The number of para-hydroxylation sites is 1. The summed E-state index contributed by atoms with van der Waals surface area (Å²) in [7, 11) is 0. The van der Waals surface area contributed by atoms with E-state index in [0.29, 0.717) is 31.5 Å². The molecule has 2 heterocycles. The lowest BCUT2D eigenvalue weighted by Crippen LogP contribution is -2.40. The highest BCUT2D eigenvalue weighted by Gasteiger charge is 2.31. The lowest BCUT2D eigenvalue weighted by Gasteiger charge is -2.30. The first kappa shape index (κ1) is 22.5. The molecule has 0 spiro atoms. The first-order valence-electron chi connectivity index (χ1n) is 11.3. The number of carbonyl (C=O) groups is 3. The molecule has 1 amide bonds. The molecule has 2 aromatic carbocycles. The fraction of sp³-hybridized carbons (Fsp3) is 0.296. The van der Waals surface area contributed by atoms with E-state index < -0.39 is 6.10 Å². The molecular weight excluding hydrogens is 416 g/mol. The lowest BCUT2D eigenvalue weighted by atomic mass is 9.96.